The van der Waals surface area contributed by atoms with Crippen LogP contribution >= 0.6 is 11.5 Å². The number of hydrogen-bond donors (Lipinski definition) is 2. The van der Waals surface area contributed by atoms with Gasteiger partial charge in [0.05, 0.1) is 16.6 Å². The second-order valence-corrected chi connectivity index (χ2v) is 6.94. The predicted octanol–water partition coefficient (Wildman–Crippen LogP) is 3.70. The van der Waals surface area contributed by atoms with Gasteiger partial charge in [0, 0.05) is 5.41 Å². The van der Waals surface area contributed by atoms with Crippen molar-refractivity contribution in [2.24, 2.45) is 5.84 Å². The van der Waals surface area contributed by atoms with Crippen LogP contribution in [0.1, 0.15) is 82.8 Å². The quantitative estimate of drug-likeness (QED) is 0.434. The van der Waals surface area contributed by atoms with Crippen molar-refractivity contribution in [3.8, 4) is 0 Å². The molecule has 1 unspecified atom stereocenters. The minimum Gasteiger partial charge on any atom is -0.271 e. The largest absolute Gasteiger partial charge is 0.271 e. The molecule has 0 aromatic carbocycles. The van der Waals surface area contributed by atoms with Crippen LogP contribution in [0.3, 0.4) is 0 Å². The SMILES string of the molecule is CCCCCCCC(NN)c1snnc1C(C)(C)C. The first-order chi connectivity index (χ1) is 9.00. The maximum atomic E-state index is 5.72. The highest BCUT2D eigenvalue weighted by molar-refractivity contribution is 7.05. The predicted molar refractivity (Wildman–Crippen MR) is 82.0 cm³/mol. The second kappa shape index (κ2) is 7.92. The van der Waals surface area contributed by atoms with E-state index in [1.165, 1.54) is 48.5 Å². The Hall–Kier alpha value is -0.520. The molecule has 4 nitrogen and oxygen atoms in total. The summed E-state index contributed by atoms with van der Waals surface area (Å²) in [4.78, 5) is 1.20. The number of unbranched alkanes of at least 4 members (excludes halogenated alkanes) is 4. The molecule has 1 aromatic heterocycles. The van der Waals surface area contributed by atoms with Crippen LogP contribution < -0.4 is 11.3 Å². The zero-order valence-electron chi connectivity index (χ0n) is 12.7. The molecule has 0 aliphatic rings. The molecule has 19 heavy (non-hydrogen) atoms. The molecule has 3 N–H and O–H groups in total. The normalized spacial score (nSPS) is 13.7. The third-order valence-electron chi connectivity index (χ3n) is 3.34. The van der Waals surface area contributed by atoms with E-state index in [1.54, 1.807) is 0 Å². The van der Waals surface area contributed by atoms with Gasteiger partial charge < -0.3 is 0 Å². The van der Waals surface area contributed by atoms with E-state index in [-0.39, 0.29) is 11.5 Å². The van der Waals surface area contributed by atoms with Gasteiger partial charge >= 0.3 is 0 Å². The summed E-state index contributed by atoms with van der Waals surface area (Å²) in [6, 6.07) is 0.191. The summed E-state index contributed by atoms with van der Waals surface area (Å²) in [6.45, 7) is 8.75. The molecule has 1 aromatic rings. The number of nitrogens with one attached hydrogen (secondary N) is 1. The summed E-state index contributed by atoms with van der Waals surface area (Å²) >= 11 is 1.47. The fourth-order valence-corrected chi connectivity index (χ4v) is 3.15. The summed E-state index contributed by atoms with van der Waals surface area (Å²) < 4.78 is 4.11. The Morgan fingerprint density at radius 2 is 1.89 bits per heavy atom. The van der Waals surface area contributed by atoms with Gasteiger partial charge in [-0.2, -0.15) is 0 Å². The molecule has 0 fully saturated rings. The van der Waals surface area contributed by atoms with Crippen LogP contribution in [-0.2, 0) is 5.41 Å². The molecule has 110 valence electrons. The monoisotopic (exact) mass is 284 g/mol. The molecular formula is C14H28N4S. The number of hydrazine groups is 1. The molecule has 0 saturated carbocycles. The lowest BCUT2D eigenvalue weighted by Crippen LogP contribution is -2.29. The molecule has 1 heterocycles. The summed E-state index contributed by atoms with van der Waals surface area (Å²) in [5.41, 5.74) is 4.04. The Labute approximate surface area is 121 Å². The van der Waals surface area contributed by atoms with E-state index >= 15 is 0 Å². The molecule has 0 aliphatic heterocycles. The van der Waals surface area contributed by atoms with Gasteiger partial charge in [0.25, 0.3) is 0 Å². The molecule has 1 rings (SSSR count). The third kappa shape index (κ3) is 5.16. The van der Waals surface area contributed by atoms with Crippen LogP contribution in [0.5, 0.6) is 0 Å². The number of nitrogens with two attached hydrogens (primary N) is 1. The maximum Gasteiger partial charge on any atom is 0.0857 e. The number of rotatable bonds is 8. The number of hydrogen-bond acceptors (Lipinski definition) is 5. The summed E-state index contributed by atoms with van der Waals surface area (Å²) in [7, 11) is 0. The molecule has 5 heteroatoms. The van der Waals surface area contributed by atoms with Gasteiger partial charge in [-0.3, -0.25) is 11.3 Å². The topological polar surface area (TPSA) is 63.8 Å². The number of nitrogens with zero attached hydrogens (tertiary/aromatic N) is 2. The van der Waals surface area contributed by atoms with Crippen LogP contribution in [0, 0.1) is 0 Å². The zero-order valence-corrected chi connectivity index (χ0v) is 13.5. The van der Waals surface area contributed by atoms with Gasteiger partial charge in [-0.1, -0.05) is 64.3 Å². The Balaban J connectivity index is 2.58. The van der Waals surface area contributed by atoms with E-state index in [1.807, 2.05) is 0 Å². The van der Waals surface area contributed by atoms with Crippen molar-refractivity contribution < 1.29 is 0 Å². The third-order valence-corrected chi connectivity index (χ3v) is 4.18. The van der Waals surface area contributed by atoms with Gasteiger partial charge in [-0.25, -0.2) is 0 Å². The molecule has 0 amide bonds. The summed E-state index contributed by atoms with van der Waals surface area (Å²) in [6.07, 6.45) is 7.48. The van der Waals surface area contributed by atoms with Crippen LogP contribution in [0.25, 0.3) is 0 Å². The van der Waals surface area contributed by atoms with Crippen LogP contribution in [0.15, 0.2) is 0 Å². The Morgan fingerprint density at radius 3 is 2.47 bits per heavy atom. The molecule has 0 radical (unpaired) electrons. The highest BCUT2D eigenvalue weighted by atomic mass is 32.1. The molecule has 0 aliphatic carbocycles. The van der Waals surface area contributed by atoms with Gasteiger partial charge in [0.2, 0.25) is 0 Å². The first-order valence-electron chi connectivity index (χ1n) is 7.29. The minimum absolute atomic E-state index is 0.0274. The van der Waals surface area contributed by atoms with E-state index in [4.69, 9.17) is 5.84 Å². The van der Waals surface area contributed by atoms with E-state index in [0.717, 1.165) is 12.1 Å². The lowest BCUT2D eigenvalue weighted by Gasteiger charge is -2.21. The fraction of sp³-hybridized carbons (Fsp3) is 0.857. The van der Waals surface area contributed by atoms with Crippen molar-refractivity contribution in [1.82, 2.24) is 15.0 Å². The average Bonchev–Trinajstić information content (AvgIpc) is 2.82. The molecule has 1 atom stereocenters. The summed E-state index contributed by atoms with van der Waals surface area (Å²) in [5, 5.41) is 4.29. The second-order valence-electron chi connectivity index (χ2n) is 6.16. The molecule has 0 bridgehead atoms. The van der Waals surface area contributed by atoms with Gasteiger partial charge in [-0.15, -0.1) is 5.10 Å². The van der Waals surface area contributed by atoms with E-state index in [0.29, 0.717) is 0 Å². The summed E-state index contributed by atoms with van der Waals surface area (Å²) in [5.74, 6) is 5.72. The van der Waals surface area contributed by atoms with Gasteiger partial charge in [0.15, 0.2) is 0 Å². The molecule has 0 saturated heterocycles. The Morgan fingerprint density at radius 1 is 1.21 bits per heavy atom. The first kappa shape index (κ1) is 16.5. The maximum absolute atomic E-state index is 5.72. The van der Waals surface area contributed by atoms with Gasteiger partial charge in [0.1, 0.15) is 0 Å². The smallest absolute Gasteiger partial charge is 0.0857 e. The minimum atomic E-state index is 0.0274. The molecule has 0 spiro atoms. The fourth-order valence-electron chi connectivity index (χ4n) is 2.19. The van der Waals surface area contributed by atoms with Crippen molar-refractivity contribution in [1.29, 1.82) is 0 Å². The van der Waals surface area contributed by atoms with E-state index in [2.05, 4.69) is 42.7 Å². The lowest BCUT2D eigenvalue weighted by atomic mass is 9.89. The van der Waals surface area contributed by atoms with Crippen LogP contribution in [0.4, 0.5) is 0 Å². The van der Waals surface area contributed by atoms with E-state index < -0.39 is 0 Å². The van der Waals surface area contributed by atoms with Crippen LogP contribution in [-0.4, -0.2) is 9.59 Å². The van der Waals surface area contributed by atoms with Crippen molar-refractivity contribution in [2.75, 3.05) is 0 Å². The van der Waals surface area contributed by atoms with Gasteiger partial charge in [-0.05, 0) is 18.0 Å². The standard InChI is InChI=1S/C14H28N4S/c1-5-6-7-8-9-10-11(16-15)12-13(14(2,3)4)17-18-19-12/h11,16H,5-10,15H2,1-4H3. The molecular weight excluding hydrogens is 256 g/mol. The first-order valence-corrected chi connectivity index (χ1v) is 8.07. The van der Waals surface area contributed by atoms with Crippen molar-refractivity contribution in [2.45, 2.75) is 77.7 Å². The number of aromatic nitrogens is 2. The zero-order chi connectivity index (χ0) is 14.3. The lowest BCUT2D eigenvalue weighted by molar-refractivity contribution is 0.468. The van der Waals surface area contributed by atoms with Crippen molar-refractivity contribution in [3.05, 3.63) is 10.6 Å². The average molecular weight is 284 g/mol. The van der Waals surface area contributed by atoms with Crippen molar-refractivity contribution >= 4 is 11.5 Å². The highest BCUT2D eigenvalue weighted by Crippen LogP contribution is 2.32. The van der Waals surface area contributed by atoms with E-state index in [9.17, 15) is 0 Å². The Bertz CT molecular complexity index is 357. The Kier molecular flexibility index (Phi) is 6.89. The highest BCUT2D eigenvalue weighted by Gasteiger charge is 2.26. The van der Waals surface area contributed by atoms with Crippen LogP contribution in [0.2, 0.25) is 0 Å². The van der Waals surface area contributed by atoms with Crippen molar-refractivity contribution in [3.63, 3.8) is 0 Å².